The number of aliphatic hydroxyl groups is 2. The minimum Gasteiger partial charge on any atom is -0.389 e. The van der Waals surface area contributed by atoms with Crippen LogP contribution in [0.2, 0.25) is 0 Å². The van der Waals surface area contributed by atoms with Crippen LogP contribution in [0.15, 0.2) is 59.5 Å². The number of benzene rings is 2. The van der Waals surface area contributed by atoms with Crippen molar-refractivity contribution in [1.29, 1.82) is 0 Å². The summed E-state index contributed by atoms with van der Waals surface area (Å²) in [6.45, 7) is 2.12. The largest absolute Gasteiger partial charge is 0.389 e. The second-order valence-corrected chi connectivity index (χ2v) is 10.1. The van der Waals surface area contributed by atoms with Gasteiger partial charge in [0, 0.05) is 13.7 Å². The predicted octanol–water partition coefficient (Wildman–Crippen LogP) is 2.08. The molecule has 1 heterocycles. The lowest BCUT2D eigenvalue weighted by Gasteiger charge is -2.43. The molecule has 9 heteroatoms. The molecule has 2 N–H and O–H groups in total. The number of nitrogens with zero attached hydrogens (tertiary/aromatic N) is 1. The summed E-state index contributed by atoms with van der Waals surface area (Å²) < 4.78 is 44.5. The standard InChI is InChI=1S/C24H33NO7S/c1-18-10-12-20(13-11-18)33(28,29)25-14-6-9-22(32-15-19-7-4-3-5-8-19)23(25)24(27)21(26)16-31-17-30-2/h3-5,7-8,10-13,21-24,26-27H,6,9,14-17H2,1-2H3/t21-,22-,23-,24-/m1/s1. The van der Waals surface area contributed by atoms with E-state index in [2.05, 4.69) is 0 Å². The molecule has 0 radical (unpaired) electrons. The zero-order valence-corrected chi connectivity index (χ0v) is 19.9. The van der Waals surface area contributed by atoms with Crippen molar-refractivity contribution in [2.45, 2.75) is 55.6 Å². The monoisotopic (exact) mass is 479 g/mol. The Morgan fingerprint density at radius 1 is 1.09 bits per heavy atom. The maximum Gasteiger partial charge on any atom is 0.243 e. The van der Waals surface area contributed by atoms with Crippen LogP contribution in [0, 0.1) is 6.92 Å². The van der Waals surface area contributed by atoms with Gasteiger partial charge in [0.1, 0.15) is 19.0 Å². The number of hydrogen-bond acceptors (Lipinski definition) is 7. The molecule has 8 nitrogen and oxygen atoms in total. The Hall–Kier alpha value is -1.85. The SMILES string of the molecule is COCOC[C@@H](O)[C@@H](O)[C@H]1[C@H](OCc2ccccc2)CCCN1S(=O)(=O)c1ccc(C)cc1. The number of hydrogen-bond donors (Lipinski definition) is 2. The Bertz CT molecular complexity index is 953. The molecule has 1 aliphatic heterocycles. The minimum absolute atomic E-state index is 0.0479. The first kappa shape index (κ1) is 25.8. The number of piperidine rings is 1. The third kappa shape index (κ3) is 6.60. The van der Waals surface area contributed by atoms with E-state index in [0.29, 0.717) is 12.8 Å². The third-order valence-corrected chi connectivity index (χ3v) is 7.66. The second-order valence-electron chi connectivity index (χ2n) is 8.23. The van der Waals surface area contributed by atoms with Crippen LogP contribution in [0.4, 0.5) is 0 Å². The molecular formula is C24H33NO7S. The van der Waals surface area contributed by atoms with Crippen molar-refractivity contribution >= 4 is 10.0 Å². The van der Waals surface area contributed by atoms with E-state index in [9.17, 15) is 18.6 Å². The average Bonchev–Trinajstić information content (AvgIpc) is 2.83. The topological polar surface area (TPSA) is 106 Å². The molecule has 0 aliphatic carbocycles. The van der Waals surface area contributed by atoms with E-state index in [1.54, 1.807) is 24.3 Å². The first-order chi connectivity index (χ1) is 15.8. The highest BCUT2D eigenvalue weighted by molar-refractivity contribution is 7.89. The van der Waals surface area contributed by atoms with Crippen molar-refractivity contribution in [3.8, 4) is 0 Å². The zero-order valence-electron chi connectivity index (χ0n) is 19.0. The van der Waals surface area contributed by atoms with Gasteiger partial charge in [0.15, 0.2) is 0 Å². The molecular weight excluding hydrogens is 446 g/mol. The van der Waals surface area contributed by atoms with Crippen LogP contribution in [-0.4, -0.2) is 74.3 Å². The van der Waals surface area contributed by atoms with Crippen LogP contribution in [0.25, 0.3) is 0 Å². The molecule has 0 bridgehead atoms. The fraction of sp³-hybridized carbons (Fsp3) is 0.500. The summed E-state index contributed by atoms with van der Waals surface area (Å²) in [7, 11) is -2.48. The van der Waals surface area contributed by atoms with E-state index in [4.69, 9.17) is 14.2 Å². The van der Waals surface area contributed by atoms with Crippen molar-refractivity contribution in [2.24, 2.45) is 0 Å². The summed E-state index contributed by atoms with van der Waals surface area (Å²) in [5, 5.41) is 21.7. The van der Waals surface area contributed by atoms with Crippen molar-refractivity contribution in [1.82, 2.24) is 4.31 Å². The summed E-state index contributed by atoms with van der Waals surface area (Å²) >= 11 is 0. The van der Waals surface area contributed by atoms with E-state index in [-0.39, 0.29) is 31.4 Å². The molecule has 0 amide bonds. The molecule has 182 valence electrons. The van der Waals surface area contributed by atoms with Crippen LogP contribution < -0.4 is 0 Å². The minimum atomic E-state index is -3.93. The highest BCUT2D eigenvalue weighted by Crippen LogP contribution is 2.31. The lowest BCUT2D eigenvalue weighted by molar-refractivity contribution is -0.129. The maximum absolute atomic E-state index is 13.5. The number of ether oxygens (including phenoxy) is 3. The van der Waals surface area contributed by atoms with E-state index < -0.39 is 34.4 Å². The lowest BCUT2D eigenvalue weighted by atomic mass is 9.93. The summed E-state index contributed by atoms with van der Waals surface area (Å²) in [5.74, 6) is 0. The van der Waals surface area contributed by atoms with Gasteiger partial charge in [-0.05, 0) is 37.5 Å². The number of aliphatic hydroxyl groups excluding tert-OH is 2. The fourth-order valence-electron chi connectivity index (χ4n) is 4.01. The molecule has 33 heavy (non-hydrogen) atoms. The van der Waals surface area contributed by atoms with Gasteiger partial charge >= 0.3 is 0 Å². The van der Waals surface area contributed by atoms with Gasteiger partial charge in [0.25, 0.3) is 0 Å². The number of methoxy groups -OCH3 is 1. The highest BCUT2D eigenvalue weighted by Gasteiger charge is 2.45. The number of aryl methyl sites for hydroxylation is 1. The molecule has 0 aromatic heterocycles. The van der Waals surface area contributed by atoms with E-state index in [1.807, 2.05) is 37.3 Å². The van der Waals surface area contributed by atoms with Gasteiger partial charge in [-0.2, -0.15) is 4.31 Å². The Balaban J connectivity index is 1.87. The molecule has 1 aliphatic rings. The summed E-state index contributed by atoms with van der Waals surface area (Å²) in [6, 6.07) is 15.1. The molecule has 2 aromatic carbocycles. The smallest absolute Gasteiger partial charge is 0.243 e. The van der Waals surface area contributed by atoms with Crippen LogP contribution >= 0.6 is 0 Å². The van der Waals surface area contributed by atoms with Crippen molar-refractivity contribution in [3.05, 3.63) is 65.7 Å². The summed E-state index contributed by atoms with van der Waals surface area (Å²) in [4.78, 5) is 0.138. The van der Waals surface area contributed by atoms with Crippen LogP contribution in [0.1, 0.15) is 24.0 Å². The second kappa shape index (κ2) is 12.0. The molecule has 0 unspecified atom stereocenters. The van der Waals surface area contributed by atoms with Gasteiger partial charge in [-0.25, -0.2) is 8.42 Å². The van der Waals surface area contributed by atoms with Gasteiger partial charge in [-0.15, -0.1) is 0 Å². The van der Waals surface area contributed by atoms with Gasteiger partial charge in [0.05, 0.1) is 30.3 Å². The van der Waals surface area contributed by atoms with Crippen LogP contribution in [0.5, 0.6) is 0 Å². The Morgan fingerprint density at radius 3 is 2.45 bits per heavy atom. The van der Waals surface area contributed by atoms with E-state index in [0.717, 1.165) is 11.1 Å². The van der Waals surface area contributed by atoms with Gasteiger partial charge in [-0.1, -0.05) is 48.0 Å². The Morgan fingerprint density at radius 2 is 1.79 bits per heavy atom. The summed E-state index contributed by atoms with van der Waals surface area (Å²) in [5.41, 5.74) is 1.88. The van der Waals surface area contributed by atoms with Crippen LogP contribution in [-0.2, 0) is 30.8 Å². The predicted molar refractivity (Wildman–Crippen MR) is 123 cm³/mol. The Labute approximate surface area is 195 Å². The first-order valence-corrected chi connectivity index (χ1v) is 12.5. The fourth-order valence-corrected chi connectivity index (χ4v) is 5.71. The number of rotatable bonds is 11. The normalized spacial score (nSPS) is 21.6. The number of sulfonamides is 1. The molecule has 3 rings (SSSR count). The zero-order chi connectivity index (χ0) is 23.8. The van der Waals surface area contributed by atoms with E-state index in [1.165, 1.54) is 11.4 Å². The van der Waals surface area contributed by atoms with Crippen molar-refractivity contribution in [3.63, 3.8) is 0 Å². The highest BCUT2D eigenvalue weighted by atomic mass is 32.2. The molecule has 0 spiro atoms. The van der Waals surface area contributed by atoms with Gasteiger partial charge in [0.2, 0.25) is 10.0 Å². The van der Waals surface area contributed by atoms with E-state index >= 15 is 0 Å². The molecule has 1 fully saturated rings. The van der Waals surface area contributed by atoms with Crippen molar-refractivity contribution < 1.29 is 32.8 Å². The van der Waals surface area contributed by atoms with Crippen LogP contribution in [0.3, 0.4) is 0 Å². The van der Waals surface area contributed by atoms with Crippen molar-refractivity contribution in [2.75, 3.05) is 27.1 Å². The summed E-state index contributed by atoms with van der Waals surface area (Å²) in [6.07, 6.45) is -2.21. The Kier molecular flexibility index (Phi) is 9.39. The van der Waals surface area contributed by atoms with Gasteiger partial charge in [-0.3, -0.25) is 0 Å². The molecule has 2 aromatic rings. The lowest BCUT2D eigenvalue weighted by Crippen LogP contribution is -2.60. The first-order valence-electron chi connectivity index (χ1n) is 11.0. The van der Waals surface area contributed by atoms with Gasteiger partial charge < -0.3 is 24.4 Å². The third-order valence-electron chi connectivity index (χ3n) is 5.75. The maximum atomic E-state index is 13.5. The average molecular weight is 480 g/mol. The molecule has 4 atom stereocenters. The molecule has 0 saturated carbocycles. The quantitative estimate of drug-likeness (QED) is 0.375. The molecule has 1 saturated heterocycles.